The van der Waals surface area contributed by atoms with E-state index in [1.54, 1.807) is 6.08 Å². The Bertz CT molecular complexity index is 1010. The monoisotopic (exact) mass is 866 g/mol. The van der Waals surface area contributed by atoms with E-state index < -0.39 is 49.5 Å². The Kier molecular flexibility index (Phi) is 40.3. The highest BCUT2D eigenvalue weighted by atomic mass is 16.7. The van der Waals surface area contributed by atoms with Crippen LogP contribution in [0.1, 0.15) is 245 Å². The molecule has 6 N–H and O–H groups in total. The third-order valence-electron chi connectivity index (χ3n) is 12.5. The summed E-state index contributed by atoms with van der Waals surface area (Å²) in [6.07, 6.45) is 45.5. The molecule has 0 aromatic heterocycles. The van der Waals surface area contributed by atoms with E-state index in [9.17, 15) is 30.3 Å². The number of aliphatic hydroxyl groups excluding tert-OH is 5. The van der Waals surface area contributed by atoms with Gasteiger partial charge in [0.25, 0.3) is 0 Å². The van der Waals surface area contributed by atoms with Crippen LogP contribution in [-0.4, -0.2) is 87.5 Å². The summed E-state index contributed by atoms with van der Waals surface area (Å²) in [6.45, 7) is 3.75. The third kappa shape index (κ3) is 32.9. The molecule has 1 aliphatic heterocycles. The van der Waals surface area contributed by atoms with Crippen LogP contribution in [0.4, 0.5) is 0 Å². The van der Waals surface area contributed by atoms with E-state index in [0.29, 0.717) is 6.42 Å². The highest BCUT2D eigenvalue weighted by molar-refractivity contribution is 5.76. The fourth-order valence-electron chi connectivity index (χ4n) is 8.33. The summed E-state index contributed by atoms with van der Waals surface area (Å²) in [7, 11) is 0. The van der Waals surface area contributed by atoms with Crippen molar-refractivity contribution in [3.63, 3.8) is 0 Å². The summed E-state index contributed by atoms with van der Waals surface area (Å²) in [5.74, 6) is -0.176. The number of unbranched alkanes of at least 4 members (excludes halogenated alkanes) is 32. The average Bonchev–Trinajstić information content (AvgIpc) is 3.26. The molecule has 1 rings (SSSR count). The number of rotatable bonds is 44. The van der Waals surface area contributed by atoms with Crippen LogP contribution in [-0.2, 0) is 14.3 Å². The van der Waals surface area contributed by atoms with Crippen LogP contribution in [0.3, 0.4) is 0 Å². The second kappa shape index (κ2) is 42.6. The molecule has 360 valence electrons. The van der Waals surface area contributed by atoms with Gasteiger partial charge >= 0.3 is 0 Å². The lowest BCUT2D eigenvalue weighted by molar-refractivity contribution is -0.302. The topological polar surface area (TPSA) is 149 Å². The van der Waals surface area contributed by atoms with Crippen molar-refractivity contribution >= 4 is 5.91 Å². The lowest BCUT2D eigenvalue weighted by Gasteiger charge is -2.40. The van der Waals surface area contributed by atoms with Crippen LogP contribution in [0.2, 0.25) is 0 Å². The van der Waals surface area contributed by atoms with E-state index in [0.717, 1.165) is 38.5 Å². The minimum Gasteiger partial charge on any atom is -0.394 e. The van der Waals surface area contributed by atoms with Gasteiger partial charge in [0.1, 0.15) is 24.4 Å². The smallest absolute Gasteiger partial charge is 0.220 e. The van der Waals surface area contributed by atoms with Gasteiger partial charge in [0, 0.05) is 6.42 Å². The van der Waals surface area contributed by atoms with Crippen LogP contribution in [0.15, 0.2) is 24.3 Å². The Hall–Kier alpha value is -1.33. The van der Waals surface area contributed by atoms with Crippen molar-refractivity contribution < 1.29 is 39.8 Å². The second-order valence-corrected chi connectivity index (χ2v) is 18.3. The molecule has 7 unspecified atom stereocenters. The van der Waals surface area contributed by atoms with Crippen molar-refractivity contribution in [1.82, 2.24) is 5.32 Å². The van der Waals surface area contributed by atoms with Gasteiger partial charge in [-0.3, -0.25) is 4.79 Å². The van der Waals surface area contributed by atoms with E-state index in [2.05, 4.69) is 31.3 Å². The van der Waals surface area contributed by atoms with Crippen LogP contribution >= 0.6 is 0 Å². The van der Waals surface area contributed by atoms with Crippen LogP contribution in [0.5, 0.6) is 0 Å². The number of ether oxygens (including phenoxy) is 2. The molecule has 7 atom stereocenters. The summed E-state index contributed by atoms with van der Waals surface area (Å²) < 4.78 is 11.2. The maximum Gasteiger partial charge on any atom is 0.220 e. The van der Waals surface area contributed by atoms with E-state index in [4.69, 9.17) is 9.47 Å². The Morgan fingerprint density at radius 1 is 0.541 bits per heavy atom. The minimum atomic E-state index is -1.56. The van der Waals surface area contributed by atoms with Crippen LogP contribution in [0, 0.1) is 0 Å². The summed E-state index contributed by atoms with van der Waals surface area (Å²) in [5.41, 5.74) is 0. The zero-order chi connectivity index (χ0) is 44.4. The van der Waals surface area contributed by atoms with Gasteiger partial charge in [-0.25, -0.2) is 0 Å². The fourth-order valence-corrected chi connectivity index (χ4v) is 8.33. The number of carbonyl (C=O) groups excluding carboxylic acids is 1. The Balaban J connectivity index is 2.12. The maximum absolute atomic E-state index is 13.0. The molecular formula is C52H99NO8. The van der Waals surface area contributed by atoms with Gasteiger partial charge in [0.05, 0.1) is 25.4 Å². The third-order valence-corrected chi connectivity index (χ3v) is 12.5. The molecule has 0 saturated carbocycles. The molecule has 1 heterocycles. The molecule has 0 radical (unpaired) electrons. The standard InChI is InChI=1S/C52H99NO8/c1-3-5-7-9-11-13-14-15-16-17-18-19-20-21-22-23-24-25-26-27-28-29-30-31-32-34-36-38-40-42-48(56)53-45(46(55)41-39-37-35-33-12-10-8-6-4-2)44-60-52-51(59)50(58)49(57)47(43-54)61-52/h17-18,39,41,45-47,49-52,54-55,57-59H,3-16,19-38,40,42-44H2,1-2H3,(H,53,56)/b18-17-,41-39+. The number of hydrogen-bond acceptors (Lipinski definition) is 8. The number of aliphatic hydroxyl groups is 5. The van der Waals surface area contributed by atoms with E-state index in [1.807, 2.05) is 6.08 Å². The zero-order valence-corrected chi connectivity index (χ0v) is 39.7. The Labute approximate surface area is 375 Å². The first-order valence-corrected chi connectivity index (χ1v) is 26.1. The predicted molar refractivity (Wildman–Crippen MR) is 253 cm³/mol. The quantitative estimate of drug-likeness (QED) is 0.0262. The molecule has 0 bridgehead atoms. The van der Waals surface area contributed by atoms with Crippen LogP contribution < -0.4 is 5.32 Å². The van der Waals surface area contributed by atoms with Crippen molar-refractivity contribution in [3.8, 4) is 0 Å². The predicted octanol–water partition coefficient (Wildman–Crippen LogP) is 11.8. The zero-order valence-electron chi connectivity index (χ0n) is 39.7. The first-order chi connectivity index (χ1) is 29.8. The number of amides is 1. The molecule has 0 aliphatic carbocycles. The molecule has 0 aromatic carbocycles. The van der Waals surface area contributed by atoms with Gasteiger partial charge in [-0.15, -0.1) is 0 Å². The molecule has 1 saturated heterocycles. The molecule has 1 aliphatic rings. The molecular weight excluding hydrogens is 767 g/mol. The maximum atomic E-state index is 13.0. The largest absolute Gasteiger partial charge is 0.394 e. The summed E-state index contributed by atoms with van der Waals surface area (Å²) in [5, 5.41) is 54.1. The summed E-state index contributed by atoms with van der Waals surface area (Å²) >= 11 is 0. The van der Waals surface area contributed by atoms with E-state index in [-0.39, 0.29) is 12.5 Å². The molecule has 1 fully saturated rings. The van der Waals surface area contributed by atoms with Gasteiger partial charge in [0.2, 0.25) is 5.91 Å². The lowest BCUT2D eigenvalue weighted by Crippen LogP contribution is -2.60. The van der Waals surface area contributed by atoms with E-state index >= 15 is 0 Å². The summed E-state index contributed by atoms with van der Waals surface area (Å²) in [4.78, 5) is 13.0. The van der Waals surface area contributed by atoms with Gasteiger partial charge in [-0.05, 0) is 44.9 Å². The van der Waals surface area contributed by atoms with Crippen molar-refractivity contribution in [1.29, 1.82) is 0 Å². The first-order valence-electron chi connectivity index (χ1n) is 26.1. The molecule has 0 spiro atoms. The molecule has 9 heteroatoms. The number of carbonyl (C=O) groups is 1. The minimum absolute atomic E-state index is 0.176. The van der Waals surface area contributed by atoms with Gasteiger partial charge < -0.3 is 40.3 Å². The Morgan fingerprint density at radius 2 is 0.918 bits per heavy atom. The molecule has 61 heavy (non-hydrogen) atoms. The molecule has 9 nitrogen and oxygen atoms in total. The molecule has 0 aromatic rings. The number of allylic oxidation sites excluding steroid dienone is 3. The van der Waals surface area contributed by atoms with Gasteiger partial charge in [-0.2, -0.15) is 0 Å². The molecule has 1 amide bonds. The number of nitrogens with one attached hydrogen (secondary N) is 1. The van der Waals surface area contributed by atoms with Crippen molar-refractivity contribution in [2.24, 2.45) is 0 Å². The van der Waals surface area contributed by atoms with Crippen molar-refractivity contribution in [2.75, 3.05) is 13.2 Å². The fraction of sp³-hybridized carbons (Fsp3) is 0.904. The van der Waals surface area contributed by atoms with Gasteiger partial charge in [-0.1, -0.05) is 218 Å². The Morgan fingerprint density at radius 3 is 1.33 bits per heavy atom. The summed E-state index contributed by atoms with van der Waals surface area (Å²) in [6, 6.07) is -0.799. The lowest BCUT2D eigenvalue weighted by atomic mass is 9.99. The highest BCUT2D eigenvalue weighted by Gasteiger charge is 2.44. The van der Waals surface area contributed by atoms with E-state index in [1.165, 1.54) is 186 Å². The SMILES string of the molecule is CCCCCCCCC/C=C/C(O)C(COC1OC(CO)C(O)C(O)C1O)NC(=O)CCCCCCCCCCCCCCCCCCC/C=C\CCCCCCCCCC. The second-order valence-electron chi connectivity index (χ2n) is 18.3. The normalized spacial score (nSPS) is 20.5. The van der Waals surface area contributed by atoms with Gasteiger partial charge in [0.15, 0.2) is 6.29 Å². The average molecular weight is 866 g/mol. The first kappa shape index (κ1) is 57.7. The van der Waals surface area contributed by atoms with Crippen LogP contribution in [0.25, 0.3) is 0 Å². The highest BCUT2D eigenvalue weighted by Crippen LogP contribution is 2.23. The van der Waals surface area contributed by atoms with Crippen molar-refractivity contribution in [2.45, 2.75) is 288 Å². The van der Waals surface area contributed by atoms with Crippen molar-refractivity contribution in [3.05, 3.63) is 24.3 Å². The number of hydrogen-bond donors (Lipinski definition) is 6.